The highest BCUT2D eigenvalue weighted by atomic mass is 35.5. The summed E-state index contributed by atoms with van der Waals surface area (Å²) >= 11 is 5.78. The van der Waals surface area contributed by atoms with Crippen LogP contribution in [0.2, 0.25) is 5.02 Å². The maximum Gasteiger partial charge on any atom is 0.184 e. The third-order valence-electron chi connectivity index (χ3n) is 3.42. The number of halogens is 2. The van der Waals surface area contributed by atoms with Gasteiger partial charge in [-0.15, -0.1) is 0 Å². The number of fused-ring (bicyclic) bond motifs is 1. The molecule has 1 heterocycles. The van der Waals surface area contributed by atoms with E-state index in [-0.39, 0.29) is 10.6 Å². The Morgan fingerprint density at radius 1 is 1.44 bits per heavy atom. The predicted molar refractivity (Wildman–Crippen MR) is 70.4 cm³/mol. The van der Waals surface area contributed by atoms with E-state index in [2.05, 4.69) is 12.2 Å². The van der Waals surface area contributed by atoms with Gasteiger partial charge in [-0.05, 0) is 31.4 Å². The van der Waals surface area contributed by atoms with Crippen molar-refractivity contribution in [2.75, 3.05) is 0 Å². The van der Waals surface area contributed by atoms with Crippen LogP contribution in [0.4, 0.5) is 4.39 Å². The van der Waals surface area contributed by atoms with Crippen molar-refractivity contribution >= 4 is 22.6 Å². The van der Waals surface area contributed by atoms with Gasteiger partial charge in [0.05, 0.1) is 11.6 Å². The number of hydrogen-bond acceptors (Lipinski definition) is 2. The summed E-state index contributed by atoms with van der Waals surface area (Å²) in [6, 6.07) is 4.03. The van der Waals surface area contributed by atoms with Gasteiger partial charge >= 0.3 is 0 Å². The van der Waals surface area contributed by atoms with E-state index in [1.165, 1.54) is 12.8 Å². The molecule has 0 bridgehead atoms. The average Bonchev–Trinajstić information content (AvgIpc) is 3.12. The van der Waals surface area contributed by atoms with Crippen LogP contribution in [0.5, 0.6) is 0 Å². The van der Waals surface area contributed by atoms with E-state index in [4.69, 9.17) is 16.0 Å². The smallest absolute Gasteiger partial charge is 0.184 e. The zero-order chi connectivity index (χ0) is 12.7. The lowest BCUT2D eigenvalue weighted by Crippen LogP contribution is -2.15. The van der Waals surface area contributed by atoms with Gasteiger partial charge in [0.15, 0.2) is 11.4 Å². The van der Waals surface area contributed by atoms with Crippen molar-refractivity contribution in [3.8, 4) is 0 Å². The molecule has 1 aromatic carbocycles. The molecule has 1 fully saturated rings. The second kappa shape index (κ2) is 4.56. The van der Waals surface area contributed by atoms with Crippen LogP contribution >= 0.6 is 11.6 Å². The highest BCUT2D eigenvalue weighted by Crippen LogP contribution is 2.32. The Labute approximate surface area is 110 Å². The van der Waals surface area contributed by atoms with E-state index in [9.17, 15) is 4.39 Å². The second-order valence-corrected chi connectivity index (χ2v) is 5.16. The number of hydrogen-bond donors (Lipinski definition) is 1. The van der Waals surface area contributed by atoms with Crippen molar-refractivity contribution in [3.05, 3.63) is 34.3 Å². The minimum absolute atomic E-state index is 0.112. The Balaban J connectivity index is 2.03. The molecule has 96 valence electrons. The topological polar surface area (TPSA) is 25.2 Å². The Hall–Kier alpha value is -1.06. The first kappa shape index (κ1) is 12.0. The van der Waals surface area contributed by atoms with Crippen molar-refractivity contribution in [3.63, 3.8) is 0 Å². The first-order valence-corrected chi connectivity index (χ1v) is 6.70. The number of benzene rings is 1. The lowest BCUT2D eigenvalue weighted by molar-refractivity contribution is 0.490. The largest absolute Gasteiger partial charge is 0.456 e. The van der Waals surface area contributed by atoms with Gasteiger partial charge in [0.25, 0.3) is 0 Å². The first-order chi connectivity index (χ1) is 8.70. The Morgan fingerprint density at radius 2 is 2.22 bits per heavy atom. The normalized spacial score (nSPS) is 15.5. The number of aryl methyl sites for hydroxylation is 1. The Kier molecular flexibility index (Phi) is 3.04. The van der Waals surface area contributed by atoms with E-state index >= 15 is 0 Å². The molecule has 0 unspecified atom stereocenters. The van der Waals surface area contributed by atoms with Crippen LogP contribution in [0.1, 0.15) is 31.1 Å². The molecule has 0 atom stereocenters. The third-order valence-corrected chi connectivity index (χ3v) is 3.71. The van der Waals surface area contributed by atoms with E-state index < -0.39 is 5.82 Å². The van der Waals surface area contributed by atoms with Gasteiger partial charge in [0, 0.05) is 17.0 Å². The minimum atomic E-state index is -0.457. The summed E-state index contributed by atoms with van der Waals surface area (Å²) in [7, 11) is 0. The van der Waals surface area contributed by atoms with Gasteiger partial charge in [-0.3, -0.25) is 0 Å². The van der Waals surface area contributed by atoms with E-state index in [1.807, 2.05) is 6.07 Å². The van der Waals surface area contributed by atoms with Gasteiger partial charge in [0.1, 0.15) is 5.76 Å². The van der Waals surface area contributed by atoms with E-state index in [1.54, 1.807) is 6.07 Å². The van der Waals surface area contributed by atoms with Crippen LogP contribution < -0.4 is 5.32 Å². The highest BCUT2D eigenvalue weighted by Gasteiger charge is 2.23. The highest BCUT2D eigenvalue weighted by molar-refractivity contribution is 6.31. The lowest BCUT2D eigenvalue weighted by atomic mass is 10.1. The van der Waals surface area contributed by atoms with Crippen LogP contribution in [0.3, 0.4) is 0 Å². The summed E-state index contributed by atoms with van der Waals surface area (Å²) < 4.78 is 19.6. The summed E-state index contributed by atoms with van der Waals surface area (Å²) in [5, 5.41) is 4.34. The van der Waals surface area contributed by atoms with Gasteiger partial charge in [-0.25, -0.2) is 4.39 Å². The first-order valence-electron chi connectivity index (χ1n) is 6.32. The zero-order valence-corrected chi connectivity index (χ0v) is 11.0. The van der Waals surface area contributed by atoms with Crippen LogP contribution in [0.15, 0.2) is 16.5 Å². The Bertz CT molecular complexity index is 589. The van der Waals surface area contributed by atoms with E-state index in [0.717, 1.165) is 23.1 Å². The predicted octanol–water partition coefficient (Wildman–Crippen LogP) is 4.04. The maximum atomic E-state index is 13.9. The average molecular weight is 268 g/mol. The van der Waals surface area contributed by atoms with Gasteiger partial charge < -0.3 is 9.73 Å². The molecule has 1 aliphatic carbocycles. The van der Waals surface area contributed by atoms with Crippen LogP contribution in [-0.4, -0.2) is 6.04 Å². The Morgan fingerprint density at radius 3 is 2.89 bits per heavy atom. The van der Waals surface area contributed by atoms with Crippen LogP contribution in [0, 0.1) is 5.82 Å². The number of nitrogens with one attached hydrogen (secondary N) is 1. The number of rotatable bonds is 4. The van der Waals surface area contributed by atoms with Crippen LogP contribution in [-0.2, 0) is 13.0 Å². The zero-order valence-electron chi connectivity index (χ0n) is 10.2. The fourth-order valence-corrected chi connectivity index (χ4v) is 2.41. The van der Waals surface area contributed by atoms with Gasteiger partial charge in [-0.2, -0.15) is 0 Å². The molecule has 1 aliphatic rings. The van der Waals surface area contributed by atoms with Crippen molar-refractivity contribution in [1.82, 2.24) is 5.32 Å². The van der Waals surface area contributed by atoms with Crippen molar-refractivity contribution < 1.29 is 8.81 Å². The second-order valence-electron chi connectivity index (χ2n) is 4.75. The molecule has 0 spiro atoms. The molecule has 2 aromatic rings. The standard InChI is InChI=1S/C14H15ClFNO/c1-2-9-10-5-6-11(15)13(16)14(10)18-12(9)7-17-8-3-4-8/h5-6,8,17H,2-4,7H2,1H3. The SMILES string of the molecule is CCc1c(CNC2CC2)oc2c(F)c(Cl)ccc12. The summed E-state index contributed by atoms with van der Waals surface area (Å²) in [6.45, 7) is 2.72. The molecule has 0 aliphatic heterocycles. The monoisotopic (exact) mass is 267 g/mol. The fourth-order valence-electron chi connectivity index (χ4n) is 2.26. The van der Waals surface area contributed by atoms with Gasteiger partial charge in [0.2, 0.25) is 0 Å². The summed E-state index contributed by atoms with van der Waals surface area (Å²) in [5.41, 5.74) is 1.36. The molecule has 0 saturated heterocycles. The van der Waals surface area contributed by atoms with Crippen molar-refractivity contribution in [2.24, 2.45) is 0 Å². The summed E-state index contributed by atoms with van der Waals surface area (Å²) in [6.07, 6.45) is 3.28. The molecule has 3 rings (SSSR count). The maximum absolute atomic E-state index is 13.9. The third kappa shape index (κ3) is 2.02. The quantitative estimate of drug-likeness (QED) is 0.904. The van der Waals surface area contributed by atoms with Crippen LogP contribution in [0.25, 0.3) is 11.0 Å². The molecule has 0 amide bonds. The molecule has 1 N–H and O–H groups in total. The molecular formula is C14H15ClFNO. The number of furan rings is 1. The molecule has 18 heavy (non-hydrogen) atoms. The molecular weight excluding hydrogens is 253 g/mol. The molecule has 4 heteroatoms. The minimum Gasteiger partial charge on any atom is -0.456 e. The fraction of sp³-hybridized carbons (Fsp3) is 0.429. The van der Waals surface area contributed by atoms with Crippen molar-refractivity contribution in [2.45, 2.75) is 38.8 Å². The summed E-state index contributed by atoms with van der Waals surface area (Å²) in [5.74, 6) is 0.377. The molecule has 0 radical (unpaired) electrons. The van der Waals surface area contributed by atoms with Crippen molar-refractivity contribution in [1.29, 1.82) is 0 Å². The molecule has 2 nitrogen and oxygen atoms in total. The lowest BCUT2D eigenvalue weighted by Gasteiger charge is -2.01. The molecule has 1 saturated carbocycles. The van der Waals surface area contributed by atoms with E-state index in [0.29, 0.717) is 12.6 Å². The summed E-state index contributed by atoms with van der Waals surface area (Å²) in [4.78, 5) is 0. The van der Waals surface area contributed by atoms with Gasteiger partial charge in [-0.1, -0.05) is 18.5 Å². The molecule has 1 aromatic heterocycles.